The summed E-state index contributed by atoms with van der Waals surface area (Å²) in [6, 6.07) is 0. The lowest BCUT2D eigenvalue weighted by Gasteiger charge is -2.21. The summed E-state index contributed by atoms with van der Waals surface area (Å²) in [6.45, 7) is 2.45. The molecule has 0 rings (SSSR count). The maximum atomic E-state index is 13.1. The number of unbranched alkanes of at least 4 members (excludes halogenated alkanes) is 33. The van der Waals surface area contributed by atoms with Crippen molar-refractivity contribution in [2.75, 3.05) is 39.6 Å². The molecule has 16 nitrogen and oxygen atoms in total. The van der Waals surface area contributed by atoms with Gasteiger partial charge in [-0.3, -0.25) is 32.5 Å². The molecule has 4 N–H and O–H groups in total. The van der Waals surface area contributed by atoms with Gasteiger partial charge in [-0.05, 0) is 161 Å². The third-order valence-electron chi connectivity index (χ3n) is 19.1. The normalized spacial score (nSPS) is 14.6. The van der Waals surface area contributed by atoms with Crippen LogP contribution in [0.4, 0.5) is 0 Å². The molecule has 0 bridgehead atoms. The third kappa shape index (κ3) is 91.2. The van der Waals surface area contributed by atoms with Crippen LogP contribution < -0.4 is 0 Å². The molecule has 5 unspecified atom stereocenters. The van der Waals surface area contributed by atoms with Gasteiger partial charge in [0.2, 0.25) is 0 Å². The van der Waals surface area contributed by atoms with Crippen molar-refractivity contribution in [1.29, 1.82) is 0 Å². The molecule has 0 aromatic carbocycles. The standard InChI is InChI=1S/C99H166O16P2/c1-4-7-10-13-16-19-22-25-28-31-34-37-40-43-44-45-46-47-48-51-53-55-58-61-64-67-70-73-76-79-82-85-97(102)109-88-94(100)89-111-116(105,106)112-90-95(101)91-113-117(107,108)114-93-96(115-99(104)87-84-81-78-75-72-69-66-63-60-57-54-50-42-39-36-33-30-27-24-21-18-15-12-9-6-3)92-110-98(103)86-83-80-77-74-71-68-65-62-59-56-52-49-41-38-35-32-29-26-23-20-17-14-11-8-5-2/h7-8,10-11,16-21,25-30,34-39,43-44,46-47,49-50,52,54,94-96,100-101H,4-6,9,12-15,22-24,31-33,40-42,45,48,51,53,55-93H2,1-3H3,(H,105,106)(H,107,108)/b10-7-,11-8-,19-16-,20-17-,21-18-,28-25-,29-26-,30-27-,37-34-,38-35-,39-36-,44-43-,47-46-,52-49-,54-50-. The highest BCUT2D eigenvalue weighted by Crippen LogP contribution is 2.45. The number of carbonyl (C=O) groups is 3. The summed E-state index contributed by atoms with van der Waals surface area (Å²) in [5, 5.41) is 20.7. The maximum Gasteiger partial charge on any atom is 0.472 e. The highest BCUT2D eigenvalue weighted by molar-refractivity contribution is 7.47. The zero-order chi connectivity index (χ0) is 85.1. The topological polar surface area (TPSA) is 231 Å². The van der Waals surface area contributed by atoms with Crippen molar-refractivity contribution >= 4 is 33.6 Å². The molecule has 668 valence electrons. The quantitative estimate of drug-likeness (QED) is 0.0146. The molecule has 18 heteroatoms. The summed E-state index contributed by atoms with van der Waals surface area (Å²) in [5.74, 6) is -1.59. The molecule has 0 saturated carbocycles. The Hall–Kier alpha value is -5.35. The van der Waals surface area contributed by atoms with E-state index >= 15 is 0 Å². The number of phosphoric acid groups is 2. The van der Waals surface area contributed by atoms with E-state index in [1.807, 2.05) is 0 Å². The van der Waals surface area contributed by atoms with Crippen molar-refractivity contribution in [2.45, 2.75) is 386 Å². The Morgan fingerprint density at radius 1 is 0.248 bits per heavy atom. The number of carbonyl (C=O) groups excluding carboxylic acids is 3. The lowest BCUT2D eigenvalue weighted by molar-refractivity contribution is -0.161. The van der Waals surface area contributed by atoms with Crippen molar-refractivity contribution in [3.63, 3.8) is 0 Å². The SMILES string of the molecule is CC/C=C\C/C=C\C/C=C\C/C=C\C/C=C\C/C=C\CCCCCCCCCCCCCCC(=O)OCC(O)COP(=O)(O)OCC(O)COP(=O)(O)OCC(COC(=O)CCCCCCCCCCC/C=C\C/C=C\C/C=C\C/C=C\C/C=C\CC)OC(=O)CCCCCCCCCCC/C=C\C/C=C\C/C=C\C/C=C\CCCCC. The molecule has 0 aliphatic heterocycles. The number of aliphatic hydroxyl groups is 2. The molecule has 0 fully saturated rings. The van der Waals surface area contributed by atoms with Crippen molar-refractivity contribution in [3.05, 3.63) is 182 Å². The molecule has 0 aliphatic carbocycles. The number of allylic oxidation sites excluding steroid dienone is 30. The molecule has 0 aromatic rings. The van der Waals surface area contributed by atoms with Crippen molar-refractivity contribution in [3.8, 4) is 0 Å². The van der Waals surface area contributed by atoms with E-state index in [-0.39, 0.29) is 19.3 Å². The van der Waals surface area contributed by atoms with Crippen LogP contribution in [-0.2, 0) is 55.8 Å². The Bertz CT molecular complexity index is 2860. The summed E-state index contributed by atoms with van der Waals surface area (Å²) in [4.78, 5) is 59.0. The summed E-state index contributed by atoms with van der Waals surface area (Å²) < 4.78 is 61.5. The van der Waals surface area contributed by atoms with Gasteiger partial charge in [-0.15, -0.1) is 0 Å². The van der Waals surface area contributed by atoms with Crippen LogP contribution in [-0.4, -0.2) is 95.9 Å². The van der Waals surface area contributed by atoms with Gasteiger partial charge in [0.1, 0.15) is 25.4 Å². The smallest absolute Gasteiger partial charge is 0.463 e. The van der Waals surface area contributed by atoms with Gasteiger partial charge in [0, 0.05) is 19.3 Å². The molecule has 5 atom stereocenters. The van der Waals surface area contributed by atoms with Crippen LogP contribution in [0.1, 0.15) is 367 Å². The fraction of sp³-hybridized carbons (Fsp3) is 0.667. The van der Waals surface area contributed by atoms with Crippen LogP contribution in [0.2, 0.25) is 0 Å². The summed E-state index contributed by atoms with van der Waals surface area (Å²) in [7, 11) is -9.82. The molecular weight excluding hydrogens is 1510 g/mol. The van der Waals surface area contributed by atoms with E-state index in [9.17, 15) is 43.5 Å². The van der Waals surface area contributed by atoms with E-state index in [1.165, 1.54) is 128 Å². The molecule has 0 saturated heterocycles. The fourth-order valence-corrected chi connectivity index (χ4v) is 13.8. The number of esters is 3. The van der Waals surface area contributed by atoms with E-state index in [0.29, 0.717) is 19.3 Å². The third-order valence-corrected chi connectivity index (χ3v) is 21.0. The van der Waals surface area contributed by atoms with E-state index < -0.39 is 91.5 Å². The average molecular weight is 1670 g/mol. The molecule has 0 aliphatic rings. The Kier molecular flexibility index (Phi) is 85.8. The van der Waals surface area contributed by atoms with Crippen molar-refractivity contribution in [2.24, 2.45) is 0 Å². The van der Waals surface area contributed by atoms with Gasteiger partial charge in [0.05, 0.1) is 26.4 Å². The number of hydrogen-bond acceptors (Lipinski definition) is 14. The Morgan fingerprint density at radius 2 is 0.453 bits per heavy atom. The van der Waals surface area contributed by atoms with E-state index in [1.54, 1.807) is 0 Å². The molecule has 0 heterocycles. The lowest BCUT2D eigenvalue weighted by atomic mass is 10.0. The molecule has 0 aromatic heterocycles. The summed E-state index contributed by atoms with van der Waals surface area (Å²) in [5.41, 5.74) is 0. The predicted octanol–water partition coefficient (Wildman–Crippen LogP) is 28.4. The molecular formula is C99H166O16P2. The zero-order valence-corrected chi connectivity index (χ0v) is 75.4. The van der Waals surface area contributed by atoms with Crippen molar-refractivity contribution < 1.29 is 75.8 Å². The van der Waals surface area contributed by atoms with E-state index in [2.05, 4.69) is 203 Å². The minimum absolute atomic E-state index is 0.0908. The Morgan fingerprint density at radius 3 is 0.718 bits per heavy atom. The van der Waals surface area contributed by atoms with Gasteiger partial charge in [-0.1, -0.05) is 370 Å². The second-order valence-electron chi connectivity index (χ2n) is 30.3. The number of ether oxygens (including phenoxy) is 3. The summed E-state index contributed by atoms with van der Waals surface area (Å²) in [6.07, 6.45) is 118. The first-order valence-corrected chi connectivity index (χ1v) is 49.1. The fourth-order valence-electron chi connectivity index (χ4n) is 12.2. The van der Waals surface area contributed by atoms with Gasteiger partial charge in [0.15, 0.2) is 6.10 Å². The lowest BCUT2D eigenvalue weighted by Crippen LogP contribution is -2.30. The van der Waals surface area contributed by atoms with Crippen LogP contribution >= 0.6 is 15.6 Å². The molecule has 0 amide bonds. The number of hydrogen-bond donors (Lipinski definition) is 4. The number of aliphatic hydroxyl groups excluding tert-OH is 2. The monoisotopic (exact) mass is 1670 g/mol. The molecule has 117 heavy (non-hydrogen) atoms. The molecule has 0 radical (unpaired) electrons. The van der Waals surface area contributed by atoms with Gasteiger partial charge >= 0.3 is 33.6 Å². The predicted molar refractivity (Wildman–Crippen MR) is 491 cm³/mol. The van der Waals surface area contributed by atoms with Gasteiger partial charge < -0.3 is 34.2 Å². The van der Waals surface area contributed by atoms with Gasteiger partial charge in [-0.25, -0.2) is 9.13 Å². The largest absolute Gasteiger partial charge is 0.472 e. The average Bonchev–Trinajstić information content (AvgIpc) is 0.784. The Balaban J connectivity index is 4.65. The van der Waals surface area contributed by atoms with Crippen LogP contribution in [0.25, 0.3) is 0 Å². The van der Waals surface area contributed by atoms with E-state index in [0.717, 1.165) is 180 Å². The number of rotatable bonds is 86. The molecule has 0 spiro atoms. The second kappa shape index (κ2) is 89.9. The van der Waals surface area contributed by atoms with Gasteiger partial charge in [0.25, 0.3) is 0 Å². The minimum Gasteiger partial charge on any atom is -0.463 e. The van der Waals surface area contributed by atoms with Crippen LogP contribution in [0.5, 0.6) is 0 Å². The van der Waals surface area contributed by atoms with Crippen LogP contribution in [0.3, 0.4) is 0 Å². The highest BCUT2D eigenvalue weighted by atomic mass is 31.2. The van der Waals surface area contributed by atoms with Gasteiger partial charge in [-0.2, -0.15) is 0 Å². The first-order chi connectivity index (χ1) is 57.2. The van der Waals surface area contributed by atoms with E-state index in [4.69, 9.17) is 32.3 Å². The minimum atomic E-state index is -4.95. The van der Waals surface area contributed by atoms with Crippen LogP contribution in [0, 0.1) is 0 Å². The first-order valence-electron chi connectivity index (χ1n) is 46.1. The number of phosphoric ester groups is 2. The summed E-state index contributed by atoms with van der Waals surface area (Å²) >= 11 is 0. The Labute approximate surface area is 713 Å². The highest BCUT2D eigenvalue weighted by Gasteiger charge is 2.29. The van der Waals surface area contributed by atoms with Crippen LogP contribution in [0.15, 0.2) is 182 Å². The maximum absolute atomic E-state index is 13.1. The second-order valence-corrected chi connectivity index (χ2v) is 33.2. The van der Waals surface area contributed by atoms with Crippen molar-refractivity contribution in [1.82, 2.24) is 0 Å². The first kappa shape index (κ1) is 112. The zero-order valence-electron chi connectivity index (χ0n) is 73.6.